The van der Waals surface area contributed by atoms with E-state index in [2.05, 4.69) is 5.32 Å². The van der Waals surface area contributed by atoms with Crippen LogP contribution >= 0.6 is 0 Å². The Hall–Kier alpha value is -2.11. The quantitative estimate of drug-likeness (QED) is 0.502. The average molecular weight is 280 g/mol. The first-order valence-electron chi connectivity index (χ1n) is 6.39. The van der Waals surface area contributed by atoms with Crippen LogP contribution < -0.4 is 5.32 Å². The molecule has 1 atom stereocenters. The van der Waals surface area contributed by atoms with Crippen LogP contribution in [-0.4, -0.2) is 15.9 Å². The highest BCUT2D eigenvalue weighted by atomic mass is 16.6. The van der Waals surface area contributed by atoms with E-state index in [-0.39, 0.29) is 40.8 Å². The van der Waals surface area contributed by atoms with Crippen LogP contribution in [-0.2, 0) is 4.79 Å². The molecule has 0 spiro atoms. The Morgan fingerprint density at radius 1 is 1.45 bits per heavy atom. The number of para-hydroxylation sites is 1. The molecule has 6 nitrogen and oxygen atoms in total. The van der Waals surface area contributed by atoms with Crippen molar-refractivity contribution < 1.29 is 14.8 Å². The second-order valence-corrected chi connectivity index (χ2v) is 5.95. The summed E-state index contributed by atoms with van der Waals surface area (Å²) in [6.07, 6.45) is 0.231. The molecule has 1 aromatic rings. The van der Waals surface area contributed by atoms with Crippen molar-refractivity contribution in [3.05, 3.63) is 28.3 Å². The molecule has 2 N–H and O–H groups in total. The predicted molar refractivity (Wildman–Crippen MR) is 76.6 cm³/mol. The molecular weight excluding hydrogens is 260 g/mol. The summed E-state index contributed by atoms with van der Waals surface area (Å²) in [5, 5.41) is 23.0. The zero-order valence-electron chi connectivity index (χ0n) is 12.1. The maximum atomic E-state index is 12.0. The number of nitrogens with zero attached hydrogens (tertiary/aromatic N) is 1. The minimum absolute atomic E-state index is 0.0397. The monoisotopic (exact) mass is 280 g/mol. The van der Waals surface area contributed by atoms with Crippen LogP contribution in [0, 0.1) is 21.4 Å². The summed E-state index contributed by atoms with van der Waals surface area (Å²) in [5.74, 6) is -0.555. The van der Waals surface area contributed by atoms with Crippen molar-refractivity contribution in [1.82, 2.24) is 0 Å². The van der Waals surface area contributed by atoms with E-state index in [0.29, 0.717) is 0 Å². The minimum Gasteiger partial charge on any atom is -0.505 e. The van der Waals surface area contributed by atoms with Crippen LogP contribution in [0.5, 0.6) is 5.75 Å². The van der Waals surface area contributed by atoms with Gasteiger partial charge in [-0.25, -0.2) is 0 Å². The number of nitro benzene ring substituents is 1. The molecule has 1 rings (SSSR count). The Morgan fingerprint density at radius 2 is 2.05 bits per heavy atom. The molecular formula is C14H20N2O4. The Balaban J connectivity index is 2.89. The summed E-state index contributed by atoms with van der Waals surface area (Å²) in [6.45, 7) is 8.01. The lowest BCUT2D eigenvalue weighted by Crippen LogP contribution is -2.24. The van der Waals surface area contributed by atoms with E-state index < -0.39 is 4.92 Å². The van der Waals surface area contributed by atoms with Crippen LogP contribution in [0.3, 0.4) is 0 Å². The van der Waals surface area contributed by atoms with Gasteiger partial charge in [0.05, 0.1) is 4.92 Å². The van der Waals surface area contributed by atoms with E-state index in [1.807, 2.05) is 27.7 Å². The maximum Gasteiger partial charge on any atom is 0.296 e. The second-order valence-electron chi connectivity index (χ2n) is 5.95. The zero-order valence-corrected chi connectivity index (χ0v) is 12.1. The molecule has 1 amide bonds. The number of benzene rings is 1. The summed E-state index contributed by atoms with van der Waals surface area (Å²) in [7, 11) is 0. The molecule has 1 unspecified atom stereocenters. The number of amides is 1. The van der Waals surface area contributed by atoms with Gasteiger partial charge in [0.2, 0.25) is 5.91 Å². The molecule has 0 saturated heterocycles. The van der Waals surface area contributed by atoms with Gasteiger partial charge in [-0.1, -0.05) is 33.8 Å². The standard InChI is InChI=1S/C14H20N2O4/c1-9(14(2,3)4)8-12(18)15-13-10(16(19)20)6-5-7-11(13)17/h5-7,9,17H,8H2,1-4H3,(H,15,18). The number of carbonyl (C=O) groups is 1. The molecule has 0 aliphatic carbocycles. The van der Waals surface area contributed by atoms with Gasteiger partial charge >= 0.3 is 0 Å². The third-order valence-corrected chi connectivity index (χ3v) is 3.45. The molecule has 0 bridgehead atoms. The summed E-state index contributed by atoms with van der Waals surface area (Å²) in [4.78, 5) is 22.2. The fourth-order valence-corrected chi connectivity index (χ4v) is 1.58. The number of phenolic OH excluding ortho intramolecular Hbond substituents is 1. The van der Waals surface area contributed by atoms with Crippen molar-refractivity contribution in [2.75, 3.05) is 5.32 Å². The molecule has 0 aliphatic rings. The highest BCUT2D eigenvalue weighted by molar-refractivity contribution is 5.95. The Bertz CT molecular complexity index is 520. The second kappa shape index (κ2) is 5.90. The molecule has 0 aliphatic heterocycles. The molecule has 6 heteroatoms. The third kappa shape index (κ3) is 3.94. The van der Waals surface area contributed by atoms with Crippen LogP contribution in [0.15, 0.2) is 18.2 Å². The van der Waals surface area contributed by atoms with Gasteiger partial charge in [-0.3, -0.25) is 14.9 Å². The lowest BCUT2D eigenvalue weighted by atomic mass is 9.80. The molecule has 0 aromatic heterocycles. The molecule has 0 fully saturated rings. The maximum absolute atomic E-state index is 12.0. The van der Waals surface area contributed by atoms with Crippen molar-refractivity contribution in [2.45, 2.75) is 34.1 Å². The van der Waals surface area contributed by atoms with Crippen molar-refractivity contribution in [3.63, 3.8) is 0 Å². The van der Waals surface area contributed by atoms with E-state index in [1.165, 1.54) is 18.2 Å². The SMILES string of the molecule is CC(CC(=O)Nc1c(O)cccc1[N+](=O)[O-])C(C)(C)C. The number of phenols is 1. The van der Waals surface area contributed by atoms with Crippen LogP contribution in [0.2, 0.25) is 0 Å². The fraction of sp³-hybridized carbons (Fsp3) is 0.500. The first-order chi connectivity index (χ1) is 9.12. The Kier molecular flexibility index (Phi) is 4.70. The van der Waals surface area contributed by atoms with E-state index in [1.54, 1.807) is 0 Å². The van der Waals surface area contributed by atoms with E-state index >= 15 is 0 Å². The summed E-state index contributed by atoms with van der Waals surface area (Å²) in [6, 6.07) is 3.90. The highest BCUT2D eigenvalue weighted by Gasteiger charge is 2.25. The normalized spacial score (nSPS) is 12.8. The number of nitrogens with one attached hydrogen (secondary N) is 1. The van der Waals surface area contributed by atoms with E-state index in [4.69, 9.17) is 0 Å². The zero-order chi connectivity index (χ0) is 15.5. The number of carbonyl (C=O) groups excluding carboxylic acids is 1. The summed E-state index contributed by atoms with van der Waals surface area (Å²) < 4.78 is 0. The molecule has 1 aromatic carbocycles. The minimum atomic E-state index is -0.636. The smallest absolute Gasteiger partial charge is 0.296 e. The van der Waals surface area contributed by atoms with Crippen LogP contribution in [0.25, 0.3) is 0 Å². The van der Waals surface area contributed by atoms with Crippen molar-refractivity contribution in [1.29, 1.82) is 0 Å². The van der Waals surface area contributed by atoms with Crippen LogP contribution in [0.4, 0.5) is 11.4 Å². The first-order valence-corrected chi connectivity index (χ1v) is 6.39. The van der Waals surface area contributed by atoms with Crippen molar-refractivity contribution >= 4 is 17.3 Å². The topological polar surface area (TPSA) is 92.5 Å². The van der Waals surface area contributed by atoms with E-state index in [9.17, 15) is 20.0 Å². The lowest BCUT2D eigenvalue weighted by Gasteiger charge is -2.26. The molecule has 20 heavy (non-hydrogen) atoms. The number of hydrogen-bond donors (Lipinski definition) is 2. The van der Waals surface area contributed by atoms with Gasteiger partial charge in [0.1, 0.15) is 5.75 Å². The van der Waals surface area contributed by atoms with Gasteiger partial charge in [-0.15, -0.1) is 0 Å². The summed E-state index contributed by atoms with van der Waals surface area (Å²) >= 11 is 0. The van der Waals surface area contributed by atoms with E-state index in [0.717, 1.165) is 0 Å². The van der Waals surface area contributed by atoms with Crippen LogP contribution in [0.1, 0.15) is 34.1 Å². The summed E-state index contributed by atoms with van der Waals surface area (Å²) in [5.41, 5.74) is -0.507. The van der Waals surface area contributed by atoms with Gasteiger partial charge in [0.15, 0.2) is 5.69 Å². The van der Waals surface area contributed by atoms with Gasteiger partial charge in [-0.2, -0.15) is 0 Å². The van der Waals surface area contributed by atoms with Crippen molar-refractivity contribution in [3.8, 4) is 5.75 Å². The van der Waals surface area contributed by atoms with Gasteiger partial charge in [-0.05, 0) is 17.4 Å². The number of anilines is 1. The lowest BCUT2D eigenvalue weighted by molar-refractivity contribution is -0.384. The number of hydrogen-bond acceptors (Lipinski definition) is 4. The molecule has 110 valence electrons. The Labute approximate surface area is 118 Å². The van der Waals surface area contributed by atoms with Crippen molar-refractivity contribution in [2.24, 2.45) is 11.3 Å². The first kappa shape index (κ1) is 15.9. The number of nitro groups is 1. The predicted octanol–water partition coefficient (Wildman–Crippen LogP) is 3.31. The average Bonchev–Trinajstić information content (AvgIpc) is 2.30. The molecule has 0 radical (unpaired) electrons. The molecule has 0 saturated carbocycles. The Morgan fingerprint density at radius 3 is 2.55 bits per heavy atom. The van der Waals surface area contributed by atoms with Gasteiger partial charge in [0, 0.05) is 12.5 Å². The number of aromatic hydroxyl groups is 1. The van der Waals surface area contributed by atoms with Gasteiger partial charge < -0.3 is 10.4 Å². The largest absolute Gasteiger partial charge is 0.505 e. The number of rotatable bonds is 4. The van der Waals surface area contributed by atoms with Gasteiger partial charge in [0.25, 0.3) is 5.69 Å². The highest BCUT2D eigenvalue weighted by Crippen LogP contribution is 2.34. The molecule has 0 heterocycles. The third-order valence-electron chi connectivity index (χ3n) is 3.45. The fourth-order valence-electron chi connectivity index (χ4n) is 1.58.